The Balaban J connectivity index is 1.79. The molecule has 0 spiro atoms. The molecule has 0 amide bonds. The third-order valence-corrected chi connectivity index (χ3v) is 7.60. The van der Waals surface area contributed by atoms with Gasteiger partial charge in [-0.05, 0) is 35.7 Å². The molecule has 0 fully saturated rings. The molecular weight excluding hydrogens is 548 g/mol. The Morgan fingerprint density at radius 2 is 1.88 bits per heavy atom. The maximum absolute atomic E-state index is 14.3. The van der Waals surface area contributed by atoms with Gasteiger partial charge in [0.25, 0.3) is 5.16 Å². The molecule has 7 nitrogen and oxygen atoms in total. The van der Waals surface area contributed by atoms with E-state index < -0.39 is 32.4 Å². The number of sulfone groups is 1. The minimum absolute atomic E-state index is 0.0156. The second kappa shape index (κ2) is 9.80. The standard InChI is InChI=1S/C22H18BrF2N5O2S2/c1-13(2)19-11-33-21(27-19)20-28-29-22(30(20)26-10-14-3-7-17(24)8-4-14)34(31,32)12-15-5-6-16(23)9-18(15)25/h3-11,13H,12H2,1-2H3/b26-10+. The zero-order valence-electron chi connectivity index (χ0n) is 18.0. The van der Waals surface area contributed by atoms with E-state index in [4.69, 9.17) is 0 Å². The van der Waals surface area contributed by atoms with E-state index in [1.165, 1.54) is 53.9 Å². The average Bonchev–Trinajstić information content (AvgIpc) is 3.43. The van der Waals surface area contributed by atoms with Gasteiger partial charge in [0.15, 0.2) is 5.01 Å². The van der Waals surface area contributed by atoms with Crippen LogP contribution in [0, 0.1) is 11.6 Å². The van der Waals surface area contributed by atoms with Crippen LogP contribution in [0.5, 0.6) is 0 Å². The van der Waals surface area contributed by atoms with Gasteiger partial charge < -0.3 is 0 Å². The van der Waals surface area contributed by atoms with Crippen molar-refractivity contribution in [3.05, 3.63) is 80.8 Å². The summed E-state index contributed by atoms with van der Waals surface area (Å²) in [5, 5.41) is 14.0. The van der Waals surface area contributed by atoms with Gasteiger partial charge in [-0.3, -0.25) is 0 Å². The van der Waals surface area contributed by atoms with Gasteiger partial charge in [-0.15, -0.1) is 21.5 Å². The maximum atomic E-state index is 14.3. The molecule has 0 saturated heterocycles. The van der Waals surface area contributed by atoms with Gasteiger partial charge in [0.05, 0.1) is 17.7 Å². The van der Waals surface area contributed by atoms with Crippen molar-refractivity contribution in [2.24, 2.45) is 5.10 Å². The first kappa shape index (κ1) is 24.3. The van der Waals surface area contributed by atoms with E-state index in [1.807, 2.05) is 19.2 Å². The summed E-state index contributed by atoms with van der Waals surface area (Å²) >= 11 is 4.44. The molecule has 4 rings (SSSR count). The Bertz CT molecular complexity index is 1460. The van der Waals surface area contributed by atoms with Crippen LogP contribution in [0.2, 0.25) is 0 Å². The van der Waals surface area contributed by atoms with Gasteiger partial charge in [-0.2, -0.15) is 9.78 Å². The number of aromatic nitrogens is 4. The van der Waals surface area contributed by atoms with Crippen molar-refractivity contribution in [2.75, 3.05) is 0 Å². The summed E-state index contributed by atoms with van der Waals surface area (Å²) in [5.41, 5.74) is 1.34. The Morgan fingerprint density at radius 1 is 1.15 bits per heavy atom. The Hall–Kier alpha value is -2.83. The lowest BCUT2D eigenvalue weighted by Crippen LogP contribution is -2.12. The predicted molar refractivity (Wildman–Crippen MR) is 130 cm³/mol. The smallest absolute Gasteiger partial charge is 0.237 e. The van der Waals surface area contributed by atoms with E-state index >= 15 is 0 Å². The van der Waals surface area contributed by atoms with Gasteiger partial charge in [-0.1, -0.05) is 48.0 Å². The minimum Gasteiger partial charge on any atom is -0.237 e. The first-order valence-corrected chi connectivity index (χ1v) is 13.3. The van der Waals surface area contributed by atoms with E-state index in [-0.39, 0.29) is 17.3 Å². The summed E-state index contributed by atoms with van der Waals surface area (Å²) in [4.78, 5) is 4.52. The third kappa shape index (κ3) is 5.29. The van der Waals surface area contributed by atoms with Crippen LogP contribution >= 0.6 is 27.3 Å². The topological polar surface area (TPSA) is 90.1 Å². The van der Waals surface area contributed by atoms with Gasteiger partial charge in [0, 0.05) is 15.4 Å². The second-order valence-electron chi connectivity index (χ2n) is 7.64. The molecule has 0 aliphatic rings. The lowest BCUT2D eigenvalue weighted by molar-refractivity contribution is 0.571. The fourth-order valence-corrected chi connectivity index (χ4v) is 5.55. The molecule has 34 heavy (non-hydrogen) atoms. The molecule has 0 atom stereocenters. The van der Waals surface area contributed by atoms with Crippen LogP contribution < -0.4 is 0 Å². The van der Waals surface area contributed by atoms with Crippen molar-refractivity contribution in [3.8, 4) is 10.8 Å². The fraction of sp³-hybridized carbons (Fsp3) is 0.182. The van der Waals surface area contributed by atoms with Crippen LogP contribution in [0.4, 0.5) is 8.78 Å². The molecule has 176 valence electrons. The van der Waals surface area contributed by atoms with Crippen LogP contribution in [-0.4, -0.2) is 34.5 Å². The summed E-state index contributed by atoms with van der Waals surface area (Å²) in [6.45, 7) is 3.97. The Kier molecular flexibility index (Phi) is 7.01. The van der Waals surface area contributed by atoms with Crippen LogP contribution in [0.25, 0.3) is 10.8 Å². The highest BCUT2D eigenvalue weighted by Gasteiger charge is 2.28. The molecule has 12 heteroatoms. The average molecular weight is 566 g/mol. The molecule has 0 bridgehead atoms. The highest BCUT2D eigenvalue weighted by Crippen LogP contribution is 2.28. The number of rotatable bonds is 7. The molecule has 2 heterocycles. The van der Waals surface area contributed by atoms with Crippen molar-refractivity contribution in [3.63, 3.8) is 0 Å². The van der Waals surface area contributed by atoms with Crippen LogP contribution in [0.15, 0.2) is 62.6 Å². The molecule has 2 aromatic carbocycles. The van der Waals surface area contributed by atoms with Crippen LogP contribution in [0.3, 0.4) is 0 Å². The number of benzene rings is 2. The molecule has 0 saturated carbocycles. The van der Waals surface area contributed by atoms with E-state index in [1.54, 1.807) is 6.07 Å². The van der Waals surface area contributed by atoms with E-state index in [9.17, 15) is 17.2 Å². The molecule has 0 radical (unpaired) electrons. The lowest BCUT2D eigenvalue weighted by Gasteiger charge is -2.06. The van der Waals surface area contributed by atoms with Crippen molar-refractivity contribution < 1.29 is 17.2 Å². The number of halogens is 3. The third-order valence-electron chi connectivity index (χ3n) is 4.75. The molecule has 0 aliphatic carbocycles. The van der Waals surface area contributed by atoms with E-state index in [2.05, 4.69) is 36.2 Å². The first-order valence-electron chi connectivity index (χ1n) is 10.0. The summed E-state index contributed by atoms with van der Waals surface area (Å²) in [6, 6.07) is 9.64. The SMILES string of the molecule is CC(C)c1csc(-c2nnc(S(=O)(=O)Cc3ccc(Br)cc3F)n2/N=C/c2ccc(F)cc2)n1. The Morgan fingerprint density at radius 3 is 2.53 bits per heavy atom. The highest BCUT2D eigenvalue weighted by molar-refractivity contribution is 9.10. The molecule has 0 N–H and O–H groups in total. The quantitative estimate of drug-likeness (QED) is 0.279. The van der Waals surface area contributed by atoms with Crippen molar-refractivity contribution in [1.29, 1.82) is 0 Å². The van der Waals surface area contributed by atoms with Gasteiger partial charge in [0.2, 0.25) is 15.7 Å². The summed E-state index contributed by atoms with van der Waals surface area (Å²) in [5.74, 6) is -1.42. The van der Waals surface area contributed by atoms with Gasteiger partial charge in [0.1, 0.15) is 11.6 Å². The lowest BCUT2D eigenvalue weighted by atomic mass is 10.2. The van der Waals surface area contributed by atoms with Crippen LogP contribution in [-0.2, 0) is 15.6 Å². The molecule has 0 aliphatic heterocycles. The summed E-state index contributed by atoms with van der Waals surface area (Å²) in [7, 11) is -4.15. The highest BCUT2D eigenvalue weighted by atomic mass is 79.9. The molecule has 2 aromatic heterocycles. The number of nitrogens with zero attached hydrogens (tertiary/aromatic N) is 5. The Labute approximate surface area is 207 Å². The van der Waals surface area contributed by atoms with Gasteiger partial charge >= 0.3 is 0 Å². The van der Waals surface area contributed by atoms with Crippen LogP contribution in [0.1, 0.15) is 36.6 Å². The second-order valence-corrected chi connectivity index (χ2v) is 11.3. The summed E-state index contributed by atoms with van der Waals surface area (Å²) < 4.78 is 55.6. The largest absolute Gasteiger partial charge is 0.271 e. The number of thiazole rings is 1. The van der Waals surface area contributed by atoms with E-state index in [0.717, 1.165) is 10.4 Å². The number of hydrogen-bond donors (Lipinski definition) is 0. The minimum atomic E-state index is -4.15. The maximum Gasteiger partial charge on any atom is 0.271 e. The zero-order chi connectivity index (χ0) is 24.5. The molecule has 4 aromatic rings. The van der Waals surface area contributed by atoms with Crippen molar-refractivity contribution >= 4 is 43.3 Å². The molecular formula is C22H18BrF2N5O2S2. The molecule has 0 unspecified atom stereocenters. The summed E-state index contributed by atoms with van der Waals surface area (Å²) in [6.07, 6.45) is 1.36. The first-order chi connectivity index (χ1) is 16.1. The zero-order valence-corrected chi connectivity index (χ0v) is 21.2. The number of hydrogen-bond acceptors (Lipinski definition) is 7. The van der Waals surface area contributed by atoms with Crippen molar-refractivity contribution in [1.82, 2.24) is 19.9 Å². The van der Waals surface area contributed by atoms with E-state index in [0.29, 0.717) is 15.0 Å². The van der Waals surface area contributed by atoms with Crippen molar-refractivity contribution in [2.45, 2.75) is 30.7 Å². The normalized spacial score (nSPS) is 12.2. The monoisotopic (exact) mass is 565 g/mol. The predicted octanol–water partition coefficient (Wildman–Crippen LogP) is 5.42. The fourth-order valence-electron chi connectivity index (χ4n) is 2.93. The van der Waals surface area contributed by atoms with Gasteiger partial charge in [-0.25, -0.2) is 22.2 Å².